The highest BCUT2D eigenvalue weighted by Gasteiger charge is 2.16. The van der Waals surface area contributed by atoms with Crippen LogP contribution in [-0.2, 0) is 0 Å². The lowest BCUT2D eigenvalue weighted by molar-refractivity contribution is 0.110. The molecule has 0 saturated heterocycles. The van der Waals surface area contributed by atoms with Gasteiger partial charge in [0.1, 0.15) is 9.39 Å². The van der Waals surface area contributed by atoms with Crippen molar-refractivity contribution in [1.82, 2.24) is 4.98 Å². The maximum atomic E-state index is 12.3. The third-order valence-electron chi connectivity index (χ3n) is 1.59. The molecule has 5 heteroatoms. The third kappa shape index (κ3) is 2.20. The molecule has 2 nitrogen and oxygen atoms in total. The molecular formula is C8H6F2INO. The van der Waals surface area contributed by atoms with Crippen molar-refractivity contribution in [3.05, 3.63) is 26.6 Å². The second-order valence-electron chi connectivity index (χ2n) is 2.48. The second-order valence-corrected chi connectivity index (χ2v) is 3.58. The Morgan fingerprint density at radius 2 is 2.23 bits per heavy atom. The van der Waals surface area contributed by atoms with Crippen molar-refractivity contribution in [1.29, 1.82) is 0 Å². The predicted molar refractivity (Wildman–Crippen MR) is 52.0 cm³/mol. The Hall–Kier alpha value is -0.590. The molecule has 1 aromatic rings. The van der Waals surface area contributed by atoms with Gasteiger partial charge in [-0.2, -0.15) is 0 Å². The molecule has 70 valence electrons. The maximum Gasteiger partial charge on any atom is 0.281 e. The zero-order chi connectivity index (χ0) is 10.0. The standard InChI is InChI=1S/C8H6F2INO/c1-4-2-6(11)12-7(8(9)10)5(4)3-13/h2-3,8H,1H3. The van der Waals surface area contributed by atoms with Crippen LogP contribution in [0.5, 0.6) is 0 Å². The number of hydrogen-bond acceptors (Lipinski definition) is 2. The molecule has 0 radical (unpaired) electrons. The van der Waals surface area contributed by atoms with Crippen LogP contribution in [-0.4, -0.2) is 11.3 Å². The Balaban J connectivity index is 3.38. The van der Waals surface area contributed by atoms with Gasteiger partial charge in [0.05, 0.1) is 0 Å². The molecule has 0 aliphatic carbocycles. The normalized spacial score (nSPS) is 10.5. The fraction of sp³-hybridized carbons (Fsp3) is 0.250. The zero-order valence-electron chi connectivity index (χ0n) is 6.72. The van der Waals surface area contributed by atoms with Crippen LogP contribution in [0.15, 0.2) is 6.07 Å². The molecule has 0 fully saturated rings. The number of carbonyl (C=O) groups is 1. The zero-order valence-corrected chi connectivity index (χ0v) is 8.88. The monoisotopic (exact) mass is 297 g/mol. The van der Waals surface area contributed by atoms with Crippen LogP contribution in [0.3, 0.4) is 0 Å². The highest BCUT2D eigenvalue weighted by molar-refractivity contribution is 14.1. The number of aromatic nitrogens is 1. The van der Waals surface area contributed by atoms with Gasteiger partial charge in [-0.1, -0.05) is 0 Å². The predicted octanol–water partition coefficient (Wildman–Crippen LogP) is 2.74. The van der Waals surface area contributed by atoms with Crippen molar-refractivity contribution >= 4 is 28.9 Å². The summed E-state index contributed by atoms with van der Waals surface area (Å²) in [5.41, 5.74) is 0.0968. The van der Waals surface area contributed by atoms with Gasteiger partial charge in [-0.05, 0) is 41.1 Å². The van der Waals surface area contributed by atoms with Crippen molar-refractivity contribution in [2.24, 2.45) is 0 Å². The van der Waals surface area contributed by atoms with E-state index in [1.54, 1.807) is 13.0 Å². The first-order valence-corrected chi connectivity index (χ1v) is 4.54. The van der Waals surface area contributed by atoms with Crippen molar-refractivity contribution in [3.8, 4) is 0 Å². The number of aryl methyl sites for hydroxylation is 1. The van der Waals surface area contributed by atoms with Gasteiger partial charge in [-0.15, -0.1) is 0 Å². The molecule has 1 heterocycles. The minimum Gasteiger partial charge on any atom is -0.298 e. The summed E-state index contributed by atoms with van der Waals surface area (Å²) in [6, 6.07) is 1.59. The van der Waals surface area contributed by atoms with Crippen molar-refractivity contribution < 1.29 is 13.6 Å². The smallest absolute Gasteiger partial charge is 0.281 e. The van der Waals surface area contributed by atoms with Crippen molar-refractivity contribution in [3.63, 3.8) is 0 Å². The molecule has 0 aliphatic heterocycles. The summed E-state index contributed by atoms with van der Waals surface area (Å²) in [7, 11) is 0. The van der Waals surface area contributed by atoms with Crippen molar-refractivity contribution in [2.75, 3.05) is 0 Å². The average Bonchev–Trinajstić information content (AvgIpc) is 2.02. The number of alkyl halides is 2. The molecule has 0 bridgehead atoms. The second kappa shape index (κ2) is 4.08. The summed E-state index contributed by atoms with van der Waals surface area (Å²) in [5.74, 6) is 0. The third-order valence-corrected chi connectivity index (χ3v) is 2.14. The number of nitrogens with zero attached hydrogens (tertiary/aromatic N) is 1. The van der Waals surface area contributed by atoms with Gasteiger partial charge in [0.15, 0.2) is 6.29 Å². The number of rotatable bonds is 2. The van der Waals surface area contributed by atoms with Gasteiger partial charge >= 0.3 is 0 Å². The molecule has 1 aromatic heterocycles. The molecular weight excluding hydrogens is 291 g/mol. The molecule has 0 spiro atoms. The summed E-state index contributed by atoms with van der Waals surface area (Å²) in [5, 5.41) is 0. The summed E-state index contributed by atoms with van der Waals surface area (Å²) >= 11 is 1.84. The molecule has 0 N–H and O–H groups in total. The van der Waals surface area contributed by atoms with Crippen LogP contribution in [0.2, 0.25) is 0 Å². The van der Waals surface area contributed by atoms with Gasteiger partial charge in [0.25, 0.3) is 6.43 Å². The SMILES string of the molecule is Cc1cc(I)nc(C(F)F)c1C=O. The fourth-order valence-corrected chi connectivity index (χ4v) is 1.71. The molecule has 13 heavy (non-hydrogen) atoms. The first-order valence-electron chi connectivity index (χ1n) is 3.46. The van der Waals surface area contributed by atoms with E-state index >= 15 is 0 Å². The molecule has 0 atom stereocenters. The Labute approximate surface area is 87.5 Å². The average molecular weight is 297 g/mol. The van der Waals surface area contributed by atoms with Gasteiger partial charge < -0.3 is 0 Å². The molecule has 0 unspecified atom stereocenters. The number of carbonyl (C=O) groups excluding carboxylic acids is 1. The van der Waals surface area contributed by atoms with E-state index in [-0.39, 0.29) is 5.56 Å². The van der Waals surface area contributed by atoms with Crippen LogP contribution in [0.25, 0.3) is 0 Å². The summed E-state index contributed by atoms with van der Waals surface area (Å²) in [6.45, 7) is 1.61. The van der Waals surface area contributed by atoms with Crippen LogP contribution in [0.4, 0.5) is 8.78 Å². The first kappa shape index (κ1) is 10.5. The van der Waals surface area contributed by atoms with Gasteiger partial charge in [0.2, 0.25) is 0 Å². The fourth-order valence-electron chi connectivity index (χ4n) is 0.986. The topological polar surface area (TPSA) is 30.0 Å². The largest absolute Gasteiger partial charge is 0.298 e. The number of aldehydes is 1. The van der Waals surface area contributed by atoms with E-state index in [0.29, 0.717) is 15.6 Å². The quantitative estimate of drug-likeness (QED) is 0.477. The highest BCUT2D eigenvalue weighted by Crippen LogP contribution is 2.23. The Bertz CT molecular complexity index is 341. The highest BCUT2D eigenvalue weighted by atomic mass is 127. The van der Waals surface area contributed by atoms with E-state index in [0.717, 1.165) is 0 Å². The lowest BCUT2D eigenvalue weighted by atomic mass is 10.1. The lowest BCUT2D eigenvalue weighted by Gasteiger charge is -2.05. The van der Waals surface area contributed by atoms with Crippen LogP contribution in [0, 0.1) is 10.6 Å². The van der Waals surface area contributed by atoms with Gasteiger partial charge in [-0.3, -0.25) is 4.79 Å². The van der Waals surface area contributed by atoms with Crippen molar-refractivity contribution in [2.45, 2.75) is 13.3 Å². The Kier molecular flexibility index (Phi) is 3.29. The minimum absolute atomic E-state index is 0.00424. The molecule has 0 aliphatic rings. The summed E-state index contributed by atoms with van der Waals surface area (Å²) in [6.07, 6.45) is -2.28. The first-order chi connectivity index (χ1) is 6.06. The minimum atomic E-state index is -2.70. The van der Waals surface area contributed by atoms with E-state index < -0.39 is 12.1 Å². The molecule has 1 rings (SSSR count). The van der Waals surface area contributed by atoms with E-state index in [4.69, 9.17) is 0 Å². The van der Waals surface area contributed by atoms with E-state index in [9.17, 15) is 13.6 Å². The van der Waals surface area contributed by atoms with E-state index in [1.165, 1.54) is 0 Å². The van der Waals surface area contributed by atoms with Crippen LogP contribution in [0.1, 0.15) is 28.0 Å². The van der Waals surface area contributed by atoms with Gasteiger partial charge in [0, 0.05) is 5.56 Å². The van der Waals surface area contributed by atoms with Crippen LogP contribution < -0.4 is 0 Å². The number of halogens is 3. The Morgan fingerprint density at radius 3 is 2.69 bits per heavy atom. The number of pyridine rings is 1. The van der Waals surface area contributed by atoms with E-state index in [2.05, 4.69) is 4.98 Å². The summed E-state index contributed by atoms with van der Waals surface area (Å²) in [4.78, 5) is 14.1. The molecule has 0 aromatic carbocycles. The molecule has 0 amide bonds. The lowest BCUT2D eigenvalue weighted by Crippen LogP contribution is -2.02. The summed E-state index contributed by atoms with van der Waals surface area (Å²) < 4.78 is 25.2. The van der Waals surface area contributed by atoms with Crippen LogP contribution >= 0.6 is 22.6 Å². The maximum absolute atomic E-state index is 12.3. The molecule has 0 saturated carbocycles. The van der Waals surface area contributed by atoms with E-state index in [1.807, 2.05) is 22.6 Å². The van der Waals surface area contributed by atoms with Gasteiger partial charge in [-0.25, -0.2) is 13.8 Å². The Morgan fingerprint density at radius 1 is 1.62 bits per heavy atom. The number of hydrogen-bond donors (Lipinski definition) is 0.